The lowest BCUT2D eigenvalue weighted by atomic mass is 9.92. The quantitative estimate of drug-likeness (QED) is 0.452. The SMILES string of the molecule is Cc1ccn2cc(C(=O)N3CCC[C@@H](c4cc(-c5ccc(F)cc5)cc(C)n4)C3)nc2c1. The number of aryl methyl sites for hydroxylation is 2. The summed E-state index contributed by atoms with van der Waals surface area (Å²) in [6, 6.07) is 14.6. The molecule has 1 aromatic carbocycles. The molecule has 0 saturated carbocycles. The first-order valence-electron chi connectivity index (χ1n) is 11.0. The molecule has 162 valence electrons. The van der Waals surface area contributed by atoms with Gasteiger partial charge in [-0.05, 0) is 79.8 Å². The van der Waals surface area contributed by atoms with Gasteiger partial charge in [-0.15, -0.1) is 0 Å². The number of piperidine rings is 1. The Morgan fingerprint density at radius 1 is 1.03 bits per heavy atom. The average molecular weight is 429 g/mol. The average Bonchev–Trinajstić information content (AvgIpc) is 3.22. The van der Waals surface area contributed by atoms with Crippen molar-refractivity contribution in [3.05, 3.63) is 89.4 Å². The predicted molar refractivity (Wildman–Crippen MR) is 122 cm³/mol. The first-order chi connectivity index (χ1) is 15.5. The molecule has 1 fully saturated rings. The van der Waals surface area contributed by atoms with Gasteiger partial charge in [0.2, 0.25) is 0 Å². The van der Waals surface area contributed by atoms with Crippen molar-refractivity contribution >= 4 is 11.6 Å². The number of fused-ring (bicyclic) bond motifs is 1. The summed E-state index contributed by atoms with van der Waals surface area (Å²) in [5.41, 5.74) is 6.25. The monoisotopic (exact) mass is 428 g/mol. The number of imidazole rings is 1. The summed E-state index contributed by atoms with van der Waals surface area (Å²) in [4.78, 5) is 24.4. The lowest BCUT2D eigenvalue weighted by Gasteiger charge is -2.32. The predicted octanol–water partition coefficient (Wildman–Crippen LogP) is 5.17. The third-order valence-electron chi connectivity index (χ3n) is 6.11. The molecular weight excluding hydrogens is 403 g/mol. The molecule has 0 unspecified atom stereocenters. The molecule has 1 atom stereocenters. The highest BCUT2D eigenvalue weighted by Gasteiger charge is 2.28. The first-order valence-corrected chi connectivity index (χ1v) is 11.0. The Labute approximate surface area is 186 Å². The van der Waals surface area contributed by atoms with E-state index in [1.807, 2.05) is 47.5 Å². The van der Waals surface area contributed by atoms with E-state index in [1.54, 1.807) is 18.3 Å². The van der Waals surface area contributed by atoms with E-state index in [0.29, 0.717) is 12.2 Å². The molecule has 4 heterocycles. The van der Waals surface area contributed by atoms with Crippen molar-refractivity contribution < 1.29 is 9.18 Å². The fraction of sp³-hybridized carbons (Fsp3) is 0.269. The number of rotatable bonds is 3. The van der Waals surface area contributed by atoms with E-state index in [2.05, 4.69) is 11.1 Å². The molecular formula is C26H25FN4O. The van der Waals surface area contributed by atoms with Crippen molar-refractivity contribution in [3.8, 4) is 11.1 Å². The van der Waals surface area contributed by atoms with Crippen LogP contribution < -0.4 is 0 Å². The van der Waals surface area contributed by atoms with Crippen LogP contribution in [0.4, 0.5) is 4.39 Å². The van der Waals surface area contributed by atoms with Crippen LogP contribution in [0.3, 0.4) is 0 Å². The Hall–Kier alpha value is -3.54. The number of pyridine rings is 2. The molecule has 1 saturated heterocycles. The molecule has 1 amide bonds. The fourth-order valence-corrected chi connectivity index (χ4v) is 4.46. The van der Waals surface area contributed by atoms with Gasteiger partial charge in [0.15, 0.2) is 0 Å². The lowest BCUT2D eigenvalue weighted by molar-refractivity contribution is 0.0700. The van der Waals surface area contributed by atoms with Crippen LogP contribution in [-0.2, 0) is 0 Å². The van der Waals surface area contributed by atoms with Crippen molar-refractivity contribution in [1.82, 2.24) is 19.3 Å². The van der Waals surface area contributed by atoms with Crippen LogP contribution >= 0.6 is 0 Å². The van der Waals surface area contributed by atoms with E-state index in [0.717, 1.165) is 53.1 Å². The van der Waals surface area contributed by atoms with E-state index in [-0.39, 0.29) is 17.6 Å². The fourth-order valence-electron chi connectivity index (χ4n) is 4.46. The molecule has 0 spiro atoms. The largest absolute Gasteiger partial charge is 0.337 e. The molecule has 0 radical (unpaired) electrons. The topological polar surface area (TPSA) is 50.5 Å². The van der Waals surface area contributed by atoms with Crippen molar-refractivity contribution in [2.45, 2.75) is 32.6 Å². The van der Waals surface area contributed by atoms with Gasteiger partial charge in [-0.25, -0.2) is 9.37 Å². The summed E-state index contributed by atoms with van der Waals surface area (Å²) in [5.74, 6) is -0.128. The van der Waals surface area contributed by atoms with Gasteiger partial charge in [-0.3, -0.25) is 9.78 Å². The van der Waals surface area contributed by atoms with E-state index in [4.69, 9.17) is 4.98 Å². The van der Waals surface area contributed by atoms with Gasteiger partial charge in [0, 0.05) is 42.8 Å². The first kappa shape index (κ1) is 20.4. The van der Waals surface area contributed by atoms with Crippen LogP contribution in [0.5, 0.6) is 0 Å². The van der Waals surface area contributed by atoms with Gasteiger partial charge in [-0.1, -0.05) is 12.1 Å². The molecule has 1 aliphatic rings. The molecule has 32 heavy (non-hydrogen) atoms. The number of halogens is 1. The molecule has 5 nitrogen and oxygen atoms in total. The van der Waals surface area contributed by atoms with Crippen LogP contribution in [0.25, 0.3) is 16.8 Å². The zero-order chi connectivity index (χ0) is 22.2. The van der Waals surface area contributed by atoms with Crippen LogP contribution in [0.2, 0.25) is 0 Å². The van der Waals surface area contributed by atoms with Crippen LogP contribution in [0.15, 0.2) is 60.9 Å². The number of hydrogen-bond donors (Lipinski definition) is 0. The summed E-state index contributed by atoms with van der Waals surface area (Å²) >= 11 is 0. The van der Waals surface area contributed by atoms with E-state index in [1.165, 1.54) is 12.1 Å². The number of likely N-dealkylation sites (tertiary alicyclic amines) is 1. The van der Waals surface area contributed by atoms with Gasteiger partial charge >= 0.3 is 0 Å². The number of amides is 1. The van der Waals surface area contributed by atoms with Gasteiger partial charge < -0.3 is 9.30 Å². The van der Waals surface area contributed by atoms with Crippen LogP contribution in [0.1, 0.15) is 46.2 Å². The second-order valence-corrected chi connectivity index (χ2v) is 8.61. The Morgan fingerprint density at radius 3 is 2.66 bits per heavy atom. The Morgan fingerprint density at radius 2 is 1.84 bits per heavy atom. The maximum absolute atomic E-state index is 13.3. The minimum absolute atomic E-state index is 0.0394. The van der Waals surface area contributed by atoms with Gasteiger partial charge in [0.1, 0.15) is 17.2 Å². The van der Waals surface area contributed by atoms with Gasteiger partial charge in [-0.2, -0.15) is 0 Å². The minimum atomic E-state index is -0.247. The Bertz CT molecular complexity index is 1300. The molecule has 0 N–H and O–H groups in total. The molecule has 0 bridgehead atoms. The Balaban J connectivity index is 1.39. The number of aromatic nitrogens is 3. The molecule has 6 heteroatoms. The zero-order valence-electron chi connectivity index (χ0n) is 18.3. The summed E-state index contributed by atoms with van der Waals surface area (Å²) in [6.07, 6.45) is 5.64. The minimum Gasteiger partial charge on any atom is -0.337 e. The maximum Gasteiger partial charge on any atom is 0.274 e. The van der Waals surface area contributed by atoms with Crippen molar-refractivity contribution in [3.63, 3.8) is 0 Å². The normalized spacial score (nSPS) is 16.5. The second-order valence-electron chi connectivity index (χ2n) is 8.61. The van der Waals surface area contributed by atoms with Crippen molar-refractivity contribution in [2.24, 2.45) is 0 Å². The number of carbonyl (C=O) groups excluding carboxylic acids is 1. The molecule has 3 aromatic heterocycles. The number of hydrogen-bond acceptors (Lipinski definition) is 3. The third-order valence-corrected chi connectivity index (χ3v) is 6.11. The maximum atomic E-state index is 13.3. The van der Waals surface area contributed by atoms with Gasteiger partial charge in [0.25, 0.3) is 5.91 Å². The summed E-state index contributed by atoms with van der Waals surface area (Å²) in [6.45, 7) is 5.32. The van der Waals surface area contributed by atoms with Crippen molar-refractivity contribution in [1.29, 1.82) is 0 Å². The zero-order valence-corrected chi connectivity index (χ0v) is 18.3. The van der Waals surface area contributed by atoms with E-state index >= 15 is 0 Å². The molecule has 5 rings (SSSR count). The van der Waals surface area contributed by atoms with E-state index < -0.39 is 0 Å². The third kappa shape index (κ3) is 4.00. The standard InChI is InChI=1S/C26H25FN4O/c1-17-9-11-30-16-24(29-25(30)12-17)26(32)31-10-3-4-20(15-31)23-14-21(13-18(2)28-23)19-5-7-22(27)8-6-19/h5-9,11-14,16,20H,3-4,10,15H2,1-2H3/t20-/m1/s1. The second kappa shape index (κ2) is 8.19. The molecule has 1 aliphatic heterocycles. The number of benzene rings is 1. The Kier molecular flexibility index (Phi) is 5.21. The van der Waals surface area contributed by atoms with Gasteiger partial charge in [0.05, 0.1) is 0 Å². The summed E-state index contributed by atoms with van der Waals surface area (Å²) in [5, 5.41) is 0. The van der Waals surface area contributed by atoms with E-state index in [9.17, 15) is 9.18 Å². The number of carbonyl (C=O) groups is 1. The summed E-state index contributed by atoms with van der Waals surface area (Å²) < 4.78 is 15.2. The summed E-state index contributed by atoms with van der Waals surface area (Å²) in [7, 11) is 0. The van der Waals surface area contributed by atoms with Crippen LogP contribution in [0, 0.1) is 19.7 Å². The smallest absolute Gasteiger partial charge is 0.274 e. The highest BCUT2D eigenvalue weighted by molar-refractivity contribution is 5.93. The molecule has 0 aliphatic carbocycles. The van der Waals surface area contributed by atoms with Crippen molar-refractivity contribution in [2.75, 3.05) is 13.1 Å². The highest BCUT2D eigenvalue weighted by atomic mass is 19.1. The van der Waals surface area contributed by atoms with Crippen LogP contribution in [-0.4, -0.2) is 38.3 Å². The highest BCUT2D eigenvalue weighted by Crippen LogP contribution is 2.30. The lowest BCUT2D eigenvalue weighted by Crippen LogP contribution is -2.39. The number of nitrogens with zero attached hydrogens (tertiary/aromatic N) is 4. The molecule has 4 aromatic rings.